The average Bonchev–Trinajstić information content (AvgIpc) is 2.42. The van der Waals surface area contributed by atoms with E-state index in [1.807, 2.05) is 5.32 Å². The molecule has 6 nitrogen and oxygen atoms in total. The Morgan fingerprint density at radius 3 is 2.00 bits per heavy atom. The smallest absolute Gasteiger partial charge is 0.444 e. The molecule has 0 spiro atoms. The third-order valence-electron chi connectivity index (χ3n) is 2.67. The van der Waals surface area contributed by atoms with E-state index in [4.69, 9.17) is 4.74 Å². The summed E-state index contributed by atoms with van der Waals surface area (Å²) >= 11 is 0. The first kappa shape index (κ1) is 23.4. The largest absolute Gasteiger partial charge is 0.449 e. The fourth-order valence-electron chi connectivity index (χ4n) is 1.71. The van der Waals surface area contributed by atoms with E-state index in [9.17, 15) is 22.8 Å². The van der Waals surface area contributed by atoms with Crippen LogP contribution in [0.15, 0.2) is 41.7 Å². The monoisotopic (exact) mass is 375 g/mol. The molecular formula is C17H24F3N3O3. The number of allylic oxidation sites excluding steroid dienone is 1. The van der Waals surface area contributed by atoms with E-state index in [1.54, 1.807) is 34.6 Å². The molecular weight excluding hydrogens is 351 g/mol. The van der Waals surface area contributed by atoms with Crippen molar-refractivity contribution in [1.29, 1.82) is 0 Å². The molecule has 0 heterocycles. The van der Waals surface area contributed by atoms with E-state index >= 15 is 0 Å². The summed E-state index contributed by atoms with van der Waals surface area (Å²) in [6, 6.07) is 0. The Labute approximate surface area is 150 Å². The van der Waals surface area contributed by atoms with Gasteiger partial charge in [-0.25, -0.2) is 9.79 Å². The van der Waals surface area contributed by atoms with Crippen LogP contribution in [-0.2, 0) is 9.53 Å². The van der Waals surface area contributed by atoms with Crippen molar-refractivity contribution < 1.29 is 27.5 Å². The van der Waals surface area contributed by atoms with Gasteiger partial charge in [-0.2, -0.15) is 13.2 Å². The molecule has 0 aliphatic carbocycles. The van der Waals surface area contributed by atoms with Gasteiger partial charge >= 0.3 is 12.3 Å². The Hall–Kier alpha value is -2.58. The number of carbonyl (C=O) groups excluding carboxylic acids is 2. The molecule has 0 bridgehead atoms. The summed E-state index contributed by atoms with van der Waals surface area (Å²) < 4.78 is 44.0. The molecule has 0 saturated carbocycles. The van der Waals surface area contributed by atoms with E-state index in [0.29, 0.717) is 0 Å². The molecule has 0 saturated heterocycles. The number of amides is 2. The van der Waals surface area contributed by atoms with Crippen molar-refractivity contribution in [1.82, 2.24) is 10.6 Å². The Morgan fingerprint density at radius 1 is 1.12 bits per heavy atom. The van der Waals surface area contributed by atoms with E-state index in [0.717, 1.165) is 12.3 Å². The van der Waals surface area contributed by atoms with Crippen LogP contribution in [0.4, 0.5) is 18.0 Å². The molecule has 2 N–H and O–H groups in total. The SMILES string of the molecule is C=CN=C(N/C(=C(\C=C)C(=O)NC(=O)OC(C)(C)C)C(C)C)C(F)(F)F. The lowest BCUT2D eigenvalue weighted by molar-refractivity contribution is -0.117. The lowest BCUT2D eigenvalue weighted by Crippen LogP contribution is -2.41. The van der Waals surface area contributed by atoms with Gasteiger partial charge in [0.05, 0.1) is 5.57 Å². The van der Waals surface area contributed by atoms with Gasteiger partial charge in [0, 0.05) is 11.9 Å². The van der Waals surface area contributed by atoms with Crippen LogP contribution < -0.4 is 10.6 Å². The van der Waals surface area contributed by atoms with Crippen LogP contribution in [0.3, 0.4) is 0 Å². The van der Waals surface area contributed by atoms with Crippen molar-refractivity contribution in [3.05, 3.63) is 36.7 Å². The number of hydrogen-bond donors (Lipinski definition) is 2. The van der Waals surface area contributed by atoms with E-state index in [2.05, 4.69) is 23.5 Å². The zero-order valence-corrected chi connectivity index (χ0v) is 15.5. The molecule has 0 radical (unpaired) electrons. The first-order valence-electron chi connectivity index (χ1n) is 7.66. The maximum Gasteiger partial charge on any atom is 0.449 e. The second-order valence-corrected chi connectivity index (χ2v) is 6.43. The topological polar surface area (TPSA) is 79.8 Å². The van der Waals surface area contributed by atoms with E-state index in [-0.39, 0.29) is 11.3 Å². The third kappa shape index (κ3) is 8.00. The molecule has 26 heavy (non-hydrogen) atoms. The van der Waals surface area contributed by atoms with Crippen LogP contribution in [0, 0.1) is 5.92 Å². The molecule has 0 rings (SSSR count). The summed E-state index contributed by atoms with van der Waals surface area (Å²) in [6.07, 6.45) is -4.05. The van der Waals surface area contributed by atoms with Crippen molar-refractivity contribution in [3.63, 3.8) is 0 Å². The normalized spacial score (nSPS) is 13.7. The van der Waals surface area contributed by atoms with Crippen LogP contribution in [0.2, 0.25) is 0 Å². The van der Waals surface area contributed by atoms with Gasteiger partial charge in [0.1, 0.15) is 5.60 Å². The molecule has 0 aromatic carbocycles. The minimum atomic E-state index is -4.79. The number of aliphatic imine (C=N–C) groups is 1. The number of nitrogens with one attached hydrogen (secondary N) is 2. The van der Waals surface area contributed by atoms with Gasteiger partial charge in [0.15, 0.2) is 0 Å². The highest BCUT2D eigenvalue weighted by Crippen LogP contribution is 2.21. The first-order chi connectivity index (χ1) is 11.7. The summed E-state index contributed by atoms with van der Waals surface area (Å²) in [4.78, 5) is 27.2. The highest BCUT2D eigenvalue weighted by atomic mass is 19.4. The number of imide groups is 1. The molecule has 0 unspecified atom stereocenters. The second kappa shape index (κ2) is 9.21. The predicted octanol–water partition coefficient (Wildman–Crippen LogP) is 3.83. The highest BCUT2D eigenvalue weighted by molar-refractivity contribution is 6.05. The summed E-state index contributed by atoms with van der Waals surface area (Å²) in [5.41, 5.74) is -1.20. The van der Waals surface area contributed by atoms with Crippen LogP contribution in [0.25, 0.3) is 0 Å². The van der Waals surface area contributed by atoms with Crippen LogP contribution in [0.5, 0.6) is 0 Å². The maximum atomic E-state index is 13.0. The Bertz CT molecular complexity index is 627. The number of alkyl carbamates (subject to hydrolysis) is 1. The van der Waals surface area contributed by atoms with E-state index in [1.165, 1.54) is 0 Å². The zero-order chi connectivity index (χ0) is 20.7. The van der Waals surface area contributed by atoms with Gasteiger partial charge in [0.2, 0.25) is 5.84 Å². The lowest BCUT2D eigenvalue weighted by Gasteiger charge is -2.22. The second-order valence-electron chi connectivity index (χ2n) is 6.43. The lowest BCUT2D eigenvalue weighted by atomic mass is 10.0. The fourth-order valence-corrected chi connectivity index (χ4v) is 1.71. The third-order valence-corrected chi connectivity index (χ3v) is 2.67. The van der Waals surface area contributed by atoms with Crippen molar-refractivity contribution in [2.45, 2.75) is 46.4 Å². The molecule has 0 aromatic heterocycles. The van der Waals surface area contributed by atoms with Crippen LogP contribution >= 0.6 is 0 Å². The number of hydrogen-bond acceptors (Lipinski definition) is 4. The highest BCUT2D eigenvalue weighted by Gasteiger charge is 2.37. The van der Waals surface area contributed by atoms with E-state index < -0.39 is 35.5 Å². The molecule has 146 valence electrons. The minimum Gasteiger partial charge on any atom is -0.444 e. The standard InChI is InChI=1S/C17H24F3N3O3/c1-8-11(13(24)23-15(25)26-16(5,6)7)12(10(3)4)22-14(21-9-2)17(18,19)20/h8-10H,1-2H2,3-7H3,(H,21,22)(H,23,24,25)/b12-11+. The molecule has 2 amide bonds. The van der Waals surface area contributed by atoms with Gasteiger partial charge in [-0.1, -0.05) is 33.1 Å². The number of halogens is 3. The van der Waals surface area contributed by atoms with Gasteiger partial charge in [0.25, 0.3) is 5.91 Å². The number of ether oxygens (including phenoxy) is 1. The van der Waals surface area contributed by atoms with Crippen LogP contribution in [-0.4, -0.2) is 29.6 Å². The van der Waals surface area contributed by atoms with Crippen molar-refractivity contribution in [2.24, 2.45) is 10.9 Å². The predicted molar refractivity (Wildman–Crippen MR) is 93.3 cm³/mol. The van der Waals surface area contributed by atoms with Gasteiger partial charge in [-0.3, -0.25) is 10.1 Å². The number of nitrogens with zero attached hydrogens (tertiary/aromatic N) is 1. The Kier molecular flexibility index (Phi) is 8.30. The van der Waals surface area contributed by atoms with Gasteiger partial charge < -0.3 is 10.1 Å². The quantitative estimate of drug-likeness (QED) is 0.331. The Balaban J connectivity index is 5.78. The molecule has 0 aliphatic rings. The van der Waals surface area contributed by atoms with Crippen molar-refractivity contribution >= 4 is 17.8 Å². The zero-order valence-electron chi connectivity index (χ0n) is 15.5. The Morgan fingerprint density at radius 2 is 1.65 bits per heavy atom. The van der Waals surface area contributed by atoms with Gasteiger partial charge in [-0.15, -0.1) is 0 Å². The number of carbonyl (C=O) groups is 2. The molecule has 9 heteroatoms. The molecule has 0 fully saturated rings. The van der Waals surface area contributed by atoms with Crippen LogP contribution in [0.1, 0.15) is 34.6 Å². The minimum absolute atomic E-state index is 0.112. The maximum absolute atomic E-state index is 13.0. The molecule has 0 aliphatic heterocycles. The number of amidine groups is 1. The molecule has 0 atom stereocenters. The van der Waals surface area contributed by atoms with Gasteiger partial charge in [-0.05, 0) is 26.7 Å². The fraction of sp³-hybridized carbons (Fsp3) is 0.471. The van der Waals surface area contributed by atoms with Crippen molar-refractivity contribution in [2.75, 3.05) is 0 Å². The summed E-state index contributed by atoms with van der Waals surface area (Å²) in [7, 11) is 0. The number of alkyl halides is 3. The van der Waals surface area contributed by atoms with Crippen molar-refractivity contribution in [3.8, 4) is 0 Å². The summed E-state index contributed by atoms with van der Waals surface area (Å²) in [6.45, 7) is 14.5. The summed E-state index contributed by atoms with van der Waals surface area (Å²) in [5, 5.41) is 4.05. The molecule has 0 aromatic rings. The summed E-state index contributed by atoms with van der Waals surface area (Å²) in [5.74, 6) is -2.84. The average molecular weight is 375 g/mol. The number of rotatable bonds is 5. The first-order valence-corrected chi connectivity index (χ1v) is 7.66.